The second-order valence-corrected chi connectivity index (χ2v) is 8.37. The van der Waals surface area contributed by atoms with Gasteiger partial charge in [0, 0.05) is 34.1 Å². The summed E-state index contributed by atoms with van der Waals surface area (Å²) in [6.45, 7) is 0. The lowest BCUT2D eigenvalue weighted by Crippen LogP contribution is -2.21. The highest BCUT2D eigenvalue weighted by Crippen LogP contribution is 2.29. The van der Waals surface area contributed by atoms with E-state index in [0.29, 0.717) is 10.6 Å². The van der Waals surface area contributed by atoms with Gasteiger partial charge in [0.1, 0.15) is 6.04 Å². The van der Waals surface area contributed by atoms with Crippen molar-refractivity contribution in [2.45, 2.75) is 18.4 Å². The molecule has 0 fully saturated rings. The Hall–Kier alpha value is -4.00. The Balaban J connectivity index is 1.76. The topological polar surface area (TPSA) is 53.2 Å². The van der Waals surface area contributed by atoms with E-state index in [1.54, 1.807) is 24.3 Å². The third-order valence-electron chi connectivity index (χ3n) is 5.68. The van der Waals surface area contributed by atoms with Crippen LogP contribution in [0, 0.1) is 11.3 Å². The first kappa shape index (κ1) is 23.2. The Morgan fingerprint density at radius 1 is 0.735 bits per heavy atom. The molecule has 4 aromatic rings. The SMILES string of the molecule is N#CC(N=C(c1ccccc1)c1ccccc1)C(CC(=O)c1ccc(Cl)cc1)c1ccccc1. The molecule has 0 aliphatic rings. The third kappa shape index (κ3) is 5.67. The van der Waals surface area contributed by atoms with E-state index in [4.69, 9.17) is 16.6 Å². The summed E-state index contributed by atoms with van der Waals surface area (Å²) in [6, 6.07) is 37.8. The number of benzene rings is 4. The van der Waals surface area contributed by atoms with Gasteiger partial charge in [0.05, 0.1) is 11.8 Å². The van der Waals surface area contributed by atoms with Crippen molar-refractivity contribution in [2.24, 2.45) is 4.99 Å². The molecule has 4 heteroatoms. The lowest BCUT2D eigenvalue weighted by Gasteiger charge is -2.21. The Morgan fingerprint density at radius 2 is 1.24 bits per heavy atom. The molecule has 0 aliphatic heterocycles. The van der Waals surface area contributed by atoms with Gasteiger partial charge < -0.3 is 0 Å². The van der Waals surface area contributed by atoms with Crippen LogP contribution in [0.2, 0.25) is 5.02 Å². The molecule has 2 unspecified atom stereocenters. The van der Waals surface area contributed by atoms with Gasteiger partial charge in [-0.3, -0.25) is 9.79 Å². The number of halogens is 1. The normalized spacial score (nSPS) is 12.2. The lowest BCUT2D eigenvalue weighted by molar-refractivity contribution is 0.0972. The minimum Gasteiger partial charge on any atom is -0.294 e. The van der Waals surface area contributed by atoms with Crippen LogP contribution in [0.4, 0.5) is 0 Å². The van der Waals surface area contributed by atoms with Crippen molar-refractivity contribution in [1.82, 2.24) is 0 Å². The molecule has 0 heterocycles. The van der Waals surface area contributed by atoms with Gasteiger partial charge in [0.15, 0.2) is 5.78 Å². The van der Waals surface area contributed by atoms with Gasteiger partial charge in [-0.15, -0.1) is 0 Å². The maximum absolute atomic E-state index is 13.2. The van der Waals surface area contributed by atoms with E-state index < -0.39 is 12.0 Å². The van der Waals surface area contributed by atoms with E-state index in [-0.39, 0.29) is 12.2 Å². The standard InChI is InChI=1S/C30H23ClN2O/c31-26-18-16-23(17-19-26)29(34)20-27(22-10-4-1-5-11-22)28(21-32)33-30(24-12-6-2-7-13-24)25-14-8-3-9-15-25/h1-19,27-28H,20H2. The van der Waals surface area contributed by atoms with Crippen LogP contribution in [0.1, 0.15) is 39.4 Å². The number of hydrogen-bond acceptors (Lipinski definition) is 3. The Bertz CT molecular complexity index is 1250. The highest BCUT2D eigenvalue weighted by Gasteiger charge is 2.27. The number of rotatable bonds is 8. The van der Waals surface area contributed by atoms with E-state index in [0.717, 1.165) is 22.4 Å². The van der Waals surface area contributed by atoms with Gasteiger partial charge in [-0.2, -0.15) is 5.26 Å². The first-order valence-corrected chi connectivity index (χ1v) is 11.5. The number of hydrogen-bond donors (Lipinski definition) is 0. The average Bonchev–Trinajstić information content (AvgIpc) is 2.90. The molecule has 0 saturated heterocycles. The molecular weight excluding hydrogens is 440 g/mol. The Morgan fingerprint density at radius 3 is 1.74 bits per heavy atom. The predicted octanol–water partition coefficient (Wildman–Crippen LogP) is 7.13. The molecule has 166 valence electrons. The number of Topliss-reactive ketones (excluding diaryl/α,β-unsaturated/α-hetero) is 1. The number of nitriles is 1. The fourth-order valence-electron chi connectivity index (χ4n) is 3.92. The summed E-state index contributed by atoms with van der Waals surface area (Å²) in [7, 11) is 0. The van der Waals surface area contributed by atoms with Gasteiger partial charge in [0.2, 0.25) is 0 Å². The van der Waals surface area contributed by atoms with Crippen LogP contribution in [0.15, 0.2) is 120 Å². The maximum Gasteiger partial charge on any atom is 0.163 e. The van der Waals surface area contributed by atoms with Crippen LogP contribution in [0.5, 0.6) is 0 Å². The molecular formula is C30H23ClN2O. The van der Waals surface area contributed by atoms with Crippen LogP contribution < -0.4 is 0 Å². The summed E-state index contributed by atoms with van der Waals surface area (Å²) in [4.78, 5) is 18.1. The van der Waals surface area contributed by atoms with Crippen LogP contribution in [0.25, 0.3) is 0 Å². The van der Waals surface area contributed by atoms with Crippen molar-refractivity contribution in [2.75, 3.05) is 0 Å². The summed E-state index contributed by atoms with van der Waals surface area (Å²) >= 11 is 5.99. The molecule has 0 bridgehead atoms. The molecule has 0 aliphatic carbocycles. The molecule has 0 N–H and O–H groups in total. The van der Waals surface area contributed by atoms with Crippen LogP contribution in [0.3, 0.4) is 0 Å². The first-order chi connectivity index (χ1) is 16.7. The first-order valence-electron chi connectivity index (χ1n) is 11.1. The minimum absolute atomic E-state index is 0.0538. The van der Waals surface area contributed by atoms with E-state index in [1.165, 1.54) is 0 Å². The van der Waals surface area contributed by atoms with E-state index >= 15 is 0 Å². The van der Waals surface area contributed by atoms with Crippen LogP contribution in [-0.2, 0) is 0 Å². The summed E-state index contributed by atoms with van der Waals surface area (Å²) < 4.78 is 0. The van der Waals surface area contributed by atoms with Crippen molar-refractivity contribution in [3.05, 3.63) is 143 Å². The third-order valence-corrected chi connectivity index (χ3v) is 5.93. The number of ketones is 1. The summed E-state index contributed by atoms with van der Waals surface area (Å²) in [6.07, 6.45) is 0.157. The summed E-state index contributed by atoms with van der Waals surface area (Å²) in [5, 5.41) is 10.8. The molecule has 0 radical (unpaired) electrons. The zero-order valence-corrected chi connectivity index (χ0v) is 19.3. The van der Waals surface area contributed by atoms with Crippen LogP contribution >= 0.6 is 11.6 Å². The highest BCUT2D eigenvalue weighted by molar-refractivity contribution is 6.30. The monoisotopic (exact) mass is 462 g/mol. The van der Waals surface area contributed by atoms with Gasteiger partial charge in [-0.1, -0.05) is 103 Å². The molecule has 0 amide bonds. The number of carbonyl (C=O) groups excluding carboxylic acids is 1. The maximum atomic E-state index is 13.2. The van der Waals surface area contributed by atoms with Gasteiger partial charge >= 0.3 is 0 Å². The number of aliphatic imine (C=N–C) groups is 1. The lowest BCUT2D eigenvalue weighted by atomic mass is 9.86. The minimum atomic E-state index is -0.755. The highest BCUT2D eigenvalue weighted by atomic mass is 35.5. The van der Waals surface area contributed by atoms with Crippen LogP contribution in [-0.4, -0.2) is 17.5 Å². The number of carbonyl (C=O) groups is 1. The molecule has 0 aromatic heterocycles. The second-order valence-electron chi connectivity index (χ2n) is 7.94. The van der Waals surface area contributed by atoms with Crippen molar-refractivity contribution in [3.8, 4) is 6.07 Å². The summed E-state index contributed by atoms with van der Waals surface area (Å²) in [5.74, 6) is -0.459. The predicted molar refractivity (Wildman–Crippen MR) is 138 cm³/mol. The zero-order chi connectivity index (χ0) is 23.8. The Labute approximate surface area is 205 Å². The van der Waals surface area contributed by atoms with Crippen molar-refractivity contribution >= 4 is 23.1 Å². The van der Waals surface area contributed by atoms with Crippen molar-refractivity contribution in [1.29, 1.82) is 5.26 Å². The molecule has 3 nitrogen and oxygen atoms in total. The largest absolute Gasteiger partial charge is 0.294 e. The Kier molecular flexibility index (Phi) is 7.65. The molecule has 2 atom stereocenters. The smallest absolute Gasteiger partial charge is 0.163 e. The molecule has 0 spiro atoms. The fourth-order valence-corrected chi connectivity index (χ4v) is 4.05. The summed E-state index contributed by atoms with van der Waals surface area (Å²) in [5.41, 5.74) is 4.04. The van der Waals surface area contributed by atoms with E-state index in [2.05, 4.69) is 6.07 Å². The van der Waals surface area contributed by atoms with Gasteiger partial charge in [0.25, 0.3) is 0 Å². The number of nitrogens with zero attached hydrogens (tertiary/aromatic N) is 2. The quantitative estimate of drug-likeness (QED) is 0.206. The second kappa shape index (κ2) is 11.2. The molecule has 4 rings (SSSR count). The van der Waals surface area contributed by atoms with Crippen molar-refractivity contribution in [3.63, 3.8) is 0 Å². The fraction of sp³-hybridized carbons (Fsp3) is 0.100. The average molecular weight is 463 g/mol. The molecule has 0 saturated carbocycles. The van der Waals surface area contributed by atoms with Gasteiger partial charge in [-0.25, -0.2) is 0 Å². The van der Waals surface area contributed by atoms with E-state index in [1.807, 2.05) is 91.0 Å². The zero-order valence-electron chi connectivity index (χ0n) is 18.5. The molecule has 34 heavy (non-hydrogen) atoms. The van der Waals surface area contributed by atoms with Crippen molar-refractivity contribution < 1.29 is 4.79 Å². The van der Waals surface area contributed by atoms with Gasteiger partial charge in [-0.05, 0) is 29.8 Å². The van der Waals surface area contributed by atoms with E-state index in [9.17, 15) is 10.1 Å². The molecule has 4 aromatic carbocycles.